The molecule has 3 rings (SSSR count). The Morgan fingerprint density at radius 2 is 1.88 bits per heavy atom. The highest BCUT2D eigenvalue weighted by Gasteiger charge is 2.26. The minimum Gasteiger partial charge on any atom is -0.371 e. The van der Waals surface area contributed by atoms with Gasteiger partial charge in [0.15, 0.2) is 0 Å². The van der Waals surface area contributed by atoms with E-state index in [-0.39, 0.29) is 24.6 Å². The lowest BCUT2D eigenvalue weighted by Gasteiger charge is -2.26. The topological polar surface area (TPSA) is 33.3 Å². The van der Waals surface area contributed by atoms with E-state index in [0.717, 1.165) is 25.2 Å². The molecule has 0 aliphatic carbocycles. The molecule has 2 aromatic carbocycles. The summed E-state index contributed by atoms with van der Waals surface area (Å²) < 4.78 is 6.06. The van der Waals surface area contributed by atoms with Gasteiger partial charge in [0, 0.05) is 19.6 Å². The number of hydrogen-bond acceptors (Lipinski definition) is 3. The van der Waals surface area contributed by atoms with Crippen LogP contribution in [0.4, 0.5) is 0 Å². The molecule has 24 heavy (non-hydrogen) atoms. The van der Waals surface area contributed by atoms with E-state index < -0.39 is 0 Å². The third-order valence-electron chi connectivity index (χ3n) is 3.99. The number of benzene rings is 2. The fourth-order valence-corrected chi connectivity index (χ4v) is 3.09. The molecule has 1 fully saturated rings. The van der Waals surface area contributed by atoms with Crippen LogP contribution in [-0.4, -0.2) is 25.7 Å². The first-order chi connectivity index (χ1) is 11.2. The Hall–Kier alpha value is -0.810. The zero-order chi connectivity index (χ0) is 16.1. The summed E-state index contributed by atoms with van der Waals surface area (Å²) in [7, 11) is 0. The van der Waals surface area contributed by atoms with Crippen LogP contribution in [0.15, 0.2) is 48.5 Å². The van der Waals surface area contributed by atoms with Crippen LogP contribution in [0.1, 0.15) is 17.2 Å². The van der Waals surface area contributed by atoms with Crippen LogP contribution in [0.3, 0.4) is 0 Å². The van der Waals surface area contributed by atoms with Crippen LogP contribution >= 0.6 is 35.6 Å². The number of ether oxygens (including phenoxy) is 1. The molecule has 0 amide bonds. The third kappa shape index (κ3) is 5.09. The van der Waals surface area contributed by atoms with Crippen LogP contribution < -0.4 is 10.6 Å². The van der Waals surface area contributed by atoms with Crippen molar-refractivity contribution in [1.29, 1.82) is 0 Å². The summed E-state index contributed by atoms with van der Waals surface area (Å²) in [5.74, 6) is 0. The van der Waals surface area contributed by atoms with Crippen LogP contribution in [0.25, 0.3) is 0 Å². The molecule has 1 saturated heterocycles. The average molecular weight is 388 g/mol. The van der Waals surface area contributed by atoms with Crippen molar-refractivity contribution in [3.63, 3.8) is 0 Å². The van der Waals surface area contributed by atoms with Gasteiger partial charge in [-0.2, -0.15) is 0 Å². The van der Waals surface area contributed by atoms with Gasteiger partial charge in [-0.15, -0.1) is 12.4 Å². The number of nitrogens with one attached hydrogen (secondary N) is 2. The molecule has 2 aromatic rings. The zero-order valence-corrected chi connectivity index (χ0v) is 15.5. The molecule has 0 bridgehead atoms. The summed E-state index contributed by atoms with van der Waals surface area (Å²) in [6.45, 7) is 3.17. The second kappa shape index (κ2) is 9.62. The van der Waals surface area contributed by atoms with Crippen molar-refractivity contribution in [3.05, 3.63) is 69.7 Å². The van der Waals surface area contributed by atoms with E-state index in [1.807, 2.05) is 24.3 Å². The first kappa shape index (κ1) is 19.5. The average Bonchev–Trinajstić information content (AvgIpc) is 2.82. The molecule has 1 aliphatic heterocycles. The molecule has 6 heteroatoms. The lowest BCUT2D eigenvalue weighted by Crippen LogP contribution is -2.41. The van der Waals surface area contributed by atoms with Gasteiger partial charge in [0.05, 0.1) is 28.8 Å². The minimum atomic E-state index is -0.0523. The summed E-state index contributed by atoms with van der Waals surface area (Å²) in [4.78, 5) is 0. The SMILES string of the molecule is Cl.Clc1ccc([C@@H]2OCCNC[C@H]2NCc2ccccc2)cc1Cl. The molecule has 0 spiro atoms. The van der Waals surface area contributed by atoms with Gasteiger partial charge in [-0.3, -0.25) is 0 Å². The first-order valence-corrected chi connectivity index (χ1v) is 8.54. The fraction of sp³-hybridized carbons (Fsp3) is 0.333. The van der Waals surface area contributed by atoms with Gasteiger partial charge < -0.3 is 15.4 Å². The molecule has 0 aromatic heterocycles. The molecule has 1 heterocycles. The first-order valence-electron chi connectivity index (χ1n) is 7.78. The Bertz CT molecular complexity index is 639. The molecule has 2 N–H and O–H groups in total. The molecular formula is C18H21Cl3N2O. The molecule has 2 atom stereocenters. The van der Waals surface area contributed by atoms with Gasteiger partial charge in [0.2, 0.25) is 0 Å². The summed E-state index contributed by atoms with van der Waals surface area (Å²) in [5.41, 5.74) is 2.30. The second-order valence-electron chi connectivity index (χ2n) is 5.64. The van der Waals surface area contributed by atoms with Gasteiger partial charge in [-0.1, -0.05) is 59.6 Å². The molecule has 130 valence electrons. The maximum Gasteiger partial charge on any atom is 0.0991 e. The third-order valence-corrected chi connectivity index (χ3v) is 4.73. The Morgan fingerprint density at radius 1 is 1.08 bits per heavy atom. The monoisotopic (exact) mass is 386 g/mol. The molecule has 0 radical (unpaired) electrons. The smallest absolute Gasteiger partial charge is 0.0991 e. The fourth-order valence-electron chi connectivity index (χ4n) is 2.78. The molecule has 1 aliphatic rings. The van der Waals surface area contributed by atoms with Crippen molar-refractivity contribution >= 4 is 35.6 Å². The van der Waals surface area contributed by atoms with E-state index in [9.17, 15) is 0 Å². The van der Waals surface area contributed by atoms with Gasteiger partial charge in [0.25, 0.3) is 0 Å². The predicted octanol–water partition coefficient (Wildman–Crippen LogP) is 4.23. The standard InChI is InChI=1S/C18H20Cl2N2O.ClH/c19-15-7-6-14(10-16(15)20)18-17(12-21-8-9-23-18)22-11-13-4-2-1-3-5-13;/h1-7,10,17-18,21-22H,8-9,11-12H2;1H/t17-,18+;/m1./s1. The van der Waals surface area contributed by atoms with Gasteiger partial charge in [-0.25, -0.2) is 0 Å². The molecule has 0 saturated carbocycles. The quantitative estimate of drug-likeness (QED) is 0.823. The van der Waals surface area contributed by atoms with Crippen LogP contribution in [0.5, 0.6) is 0 Å². The van der Waals surface area contributed by atoms with E-state index in [2.05, 4.69) is 34.9 Å². The highest BCUT2D eigenvalue weighted by atomic mass is 35.5. The predicted molar refractivity (Wildman–Crippen MR) is 102 cm³/mol. The summed E-state index contributed by atoms with van der Waals surface area (Å²) in [6, 6.07) is 16.2. The number of rotatable bonds is 4. The second-order valence-corrected chi connectivity index (χ2v) is 6.46. The van der Waals surface area contributed by atoms with Gasteiger partial charge in [0.1, 0.15) is 0 Å². The van der Waals surface area contributed by atoms with Crippen molar-refractivity contribution in [1.82, 2.24) is 10.6 Å². The van der Waals surface area contributed by atoms with E-state index in [1.54, 1.807) is 0 Å². The normalized spacial score (nSPS) is 20.9. The van der Waals surface area contributed by atoms with Crippen molar-refractivity contribution in [2.24, 2.45) is 0 Å². The van der Waals surface area contributed by atoms with Gasteiger partial charge >= 0.3 is 0 Å². The number of hydrogen-bond donors (Lipinski definition) is 2. The molecule has 0 unspecified atom stereocenters. The highest BCUT2D eigenvalue weighted by molar-refractivity contribution is 6.42. The van der Waals surface area contributed by atoms with Gasteiger partial charge in [-0.05, 0) is 23.3 Å². The Labute approximate surface area is 159 Å². The van der Waals surface area contributed by atoms with E-state index >= 15 is 0 Å². The summed E-state index contributed by atoms with van der Waals surface area (Å²) >= 11 is 12.2. The van der Waals surface area contributed by atoms with Crippen LogP contribution in [0.2, 0.25) is 10.0 Å². The summed E-state index contributed by atoms with van der Waals surface area (Å²) in [5, 5.41) is 8.14. The van der Waals surface area contributed by atoms with Crippen molar-refractivity contribution < 1.29 is 4.74 Å². The largest absolute Gasteiger partial charge is 0.371 e. The van der Waals surface area contributed by atoms with Crippen molar-refractivity contribution in [2.75, 3.05) is 19.7 Å². The molecular weight excluding hydrogens is 367 g/mol. The lowest BCUT2D eigenvalue weighted by atomic mass is 10.0. The van der Waals surface area contributed by atoms with E-state index in [1.165, 1.54) is 5.56 Å². The van der Waals surface area contributed by atoms with E-state index in [4.69, 9.17) is 27.9 Å². The van der Waals surface area contributed by atoms with Crippen molar-refractivity contribution in [3.8, 4) is 0 Å². The summed E-state index contributed by atoms with van der Waals surface area (Å²) in [6.07, 6.45) is -0.0523. The van der Waals surface area contributed by atoms with E-state index in [0.29, 0.717) is 16.7 Å². The minimum absolute atomic E-state index is 0. The molecule has 3 nitrogen and oxygen atoms in total. The highest BCUT2D eigenvalue weighted by Crippen LogP contribution is 2.29. The Balaban J connectivity index is 0.00000208. The Kier molecular flexibility index (Phi) is 7.82. The zero-order valence-electron chi connectivity index (χ0n) is 13.2. The van der Waals surface area contributed by atoms with Crippen LogP contribution in [-0.2, 0) is 11.3 Å². The maximum absolute atomic E-state index is 6.17. The Morgan fingerprint density at radius 3 is 2.62 bits per heavy atom. The maximum atomic E-state index is 6.17. The lowest BCUT2D eigenvalue weighted by molar-refractivity contribution is 0.0435. The van der Waals surface area contributed by atoms with Crippen molar-refractivity contribution in [2.45, 2.75) is 18.7 Å². The number of halogens is 3. The van der Waals surface area contributed by atoms with Crippen LogP contribution in [0, 0.1) is 0 Å².